The van der Waals surface area contributed by atoms with Gasteiger partial charge in [0.1, 0.15) is 0 Å². The molecule has 0 unspecified atom stereocenters. The van der Waals surface area contributed by atoms with Crippen molar-refractivity contribution in [2.45, 2.75) is 13.5 Å². The van der Waals surface area contributed by atoms with Crippen LogP contribution in [-0.2, 0) is 6.54 Å². The molecule has 1 heterocycles. The lowest BCUT2D eigenvalue weighted by molar-refractivity contribution is 0.0952. The number of carbonyl (C=O) groups is 1. The molecule has 0 spiro atoms. The van der Waals surface area contributed by atoms with Crippen molar-refractivity contribution < 1.29 is 4.79 Å². The molecule has 94 valence electrons. The highest BCUT2D eigenvalue weighted by Crippen LogP contribution is 2.12. The van der Waals surface area contributed by atoms with Gasteiger partial charge in [-0.05, 0) is 30.7 Å². The van der Waals surface area contributed by atoms with Crippen molar-refractivity contribution in [2.24, 2.45) is 0 Å². The average molecular weight is 245 g/mol. The summed E-state index contributed by atoms with van der Waals surface area (Å²) in [5, 5.41) is 10.3. The number of hydrogen-bond donors (Lipinski definition) is 2. The maximum absolute atomic E-state index is 11.8. The van der Waals surface area contributed by atoms with Crippen molar-refractivity contribution in [1.29, 1.82) is 0 Å². The van der Waals surface area contributed by atoms with Gasteiger partial charge in [-0.1, -0.05) is 5.21 Å². The standard InChI is InChI=1S/C12H15N5O/c1-9-8-10(2-3-11(9)13)12(18)14-4-6-17-7-5-15-16-17/h2-3,5,7-8H,4,6,13H2,1H3,(H,14,18). The molecule has 6 nitrogen and oxygen atoms in total. The van der Waals surface area contributed by atoms with Crippen LogP contribution in [0.2, 0.25) is 0 Å². The molecule has 0 atom stereocenters. The van der Waals surface area contributed by atoms with Crippen LogP contribution in [0.25, 0.3) is 0 Å². The molecule has 2 aromatic rings. The Morgan fingerprint density at radius 1 is 1.50 bits per heavy atom. The van der Waals surface area contributed by atoms with Crippen molar-refractivity contribution in [3.05, 3.63) is 41.7 Å². The highest BCUT2D eigenvalue weighted by atomic mass is 16.1. The van der Waals surface area contributed by atoms with E-state index < -0.39 is 0 Å². The molecule has 3 N–H and O–H groups in total. The van der Waals surface area contributed by atoms with E-state index in [0.29, 0.717) is 24.3 Å². The van der Waals surface area contributed by atoms with E-state index in [0.717, 1.165) is 5.56 Å². The highest BCUT2D eigenvalue weighted by Gasteiger charge is 2.06. The van der Waals surface area contributed by atoms with E-state index in [1.165, 1.54) is 0 Å². The second-order valence-corrected chi connectivity index (χ2v) is 3.99. The molecule has 0 aliphatic rings. The number of anilines is 1. The molecule has 0 saturated heterocycles. The molecular formula is C12H15N5O. The zero-order valence-electron chi connectivity index (χ0n) is 10.1. The number of nitrogens with zero attached hydrogens (tertiary/aromatic N) is 3. The largest absolute Gasteiger partial charge is 0.399 e. The van der Waals surface area contributed by atoms with Gasteiger partial charge in [0.05, 0.1) is 12.7 Å². The van der Waals surface area contributed by atoms with E-state index in [1.54, 1.807) is 35.3 Å². The summed E-state index contributed by atoms with van der Waals surface area (Å²) in [7, 11) is 0. The van der Waals surface area contributed by atoms with Crippen molar-refractivity contribution in [2.75, 3.05) is 12.3 Å². The lowest BCUT2D eigenvalue weighted by Gasteiger charge is -2.07. The molecule has 0 fully saturated rings. The number of amides is 1. The van der Waals surface area contributed by atoms with Crippen molar-refractivity contribution in [3.63, 3.8) is 0 Å². The van der Waals surface area contributed by atoms with Crippen LogP contribution >= 0.6 is 0 Å². The van der Waals surface area contributed by atoms with Gasteiger partial charge in [0, 0.05) is 24.0 Å². The molecule has 1 aromatic carbocycles. The number of nitrogens with one attached hydrogen (secondary N) is 1. The number of benzene rings is 1. The Kier molecular flexibility index (Phi) is 3.57. The molecule has 1 aromatic heterocycles. The normalized spacial score (nSPS) is 10.3. The summed E-state index contributed by atoms with van der Waals surface area (Å²) >= 11 is 0. The van der Waals surface area contributed by atoms with Gasteiger partial charge >= 0.3 is 0 Å². The molecule has 1 amide bonds. The smallest absolute Gasteiger partial charge is 0.251 e. The Bertz CT molecular complexity index is 535. The maximum atomic E-state index is 11.8. The number of rotatable bonds is 4. The van der Waals surface area contributed by atoms with Gasteiger partial charge in [-0.2, -0.15) is 0 Å². The summed E-state index contributed by atoms with van der Waals surface area (Å²) in [4.78, 5) is 11.8. The van der Waals surface area contributed by atoms with E-state index >= 15 is 0 Å². The number of hydrogen-bond acceptors (Lipinski definition) is 4. The van der Waals surface area contributed by atoms with Gasteiger partial charge in [0.2, 0.25) is 0 Å². The monoisotopic (exact) mass is 245 g/mol. The van der Waals surface area contributed by atoms with Crippen LogP contribution in [0.5, 0.6) is 0 Å². The Balaban J connectivity index is 1.89. The van der Waals surface area contributed by atoms with Gasteiger partial charge in [0.15, 0.2) is 0 Å². The second-order valence-electron chi connectivity index (χ2n) is 3.99. The van der Waals surface area contributed by atoms with Gasteiger partial charge in [-0.25, -0.2) is 0 Å². The molecular weight excluding hydrogens is 230 g/mol. The summed E-state index contributed by atoms with van der Waals surface area (Å²) in [6.45, 7) is 2.98. The molecule has 0 aliphatic carbocycles. The molecule has 2 rings (SSSR count). The van der Waals surface area contributed by atoms with Gasteiger partial charge in [-0.15, -0.1) is 5.10 Å². The van der Waals surface area contributed by atoms with E-state index in [2.05, 4.69) is 15.6 Å². The minimum absolute atomic E-state index is 0.113. The first-order chi connectivity index (χ1) is 8.66. The van der Waals surface area contributed by atoms with Crippen LogP contribution in [0.3, 0.4) is 0 Å². The Morgan fingerprint density at radius 3 is 3.00 bits per heavy atom. The number of nitrogens with two attached hydrogens (primary N) is 1. The van der Waals surface area contributed by atoms with Crippen LogP contribution in [0.1, 0.15) is 15.9 Å². The second kappa shape index (κ2) is 5.31. The number of aromatic nitrogens is 3. The van der Waals surface area contributed by atoms with Crippen LogP contribution in [0, 0.1) is 6.92 Å². The SMILES string of the molecule is Cc1cc(C(=O)NCCn2ccnn2)ccc1N. The van der Waals surface area contributed by atoms with Gasteiger partial charge in [-0.3, -0.25) is 9.48 Å². The van der Waals surface area contributed by atoms with Crippen LogP contribution in [0.15, 0.2) is 30.6 Å². The first-order valence-corrected chi connectivity index (χ1v) is 5.65. The van der Waals surface area contributed by atoms with E-state index in [4.69, 9.17) is 5.73 Å². The molecule has 18 heavy (non-hydrogen) atoms. The van der Waals surface area contributed by atoms with Crippen molar-refractivity contribution in [3.8, 4) is 0 Å². The predicted molar refractivity (Wildman–Crippen MR) is 67.9 cm³/mol. The molecule has 0 saturated carbocycles. The Hall–Kier alpha value is -2.37. The highest BCUT2D eigenvalue weighted by molar-refractivity contribution is 5.94. The third kappa shape index (κ3) is 2.85. The number of nitrogen functional groups attached to an aromatic ring is 1. The average Bonchev–Trinajstić information content (AvgIpc) is 2.85. The third-order valence-corrected chi connectivity index (χ3v) is 2.63. The van der Waals surface area contributed by atoms with Crippen LogP contribution in [-0.4, -0.2) is 27.4 Å². The summed E-state index contributed by atoms with van der Waals surface area (Å²) in [5.41, 5.74) is 7.91. The summed E-state index contributed by atoms with van der Waals surface area (Å²) in [6.07, 6.45) is 3.35. The fourth-order valence-corrected chi connectivity index (χ4v) is 1.55. The van der Waals surface area contributed by atoms with E-state index in [1.807, 2.05) is 6.92 Å². The van der Waals surface area contributed by atoms with E-state index in [-0.39, 0.29) is 5.91 Å². The molecule has 0 radical (unpaired) electrons. The van der Waals surface area contributed by atoms with Crippen molar-refractivity contribution >= 4 is 11.6 Å². The first-order valence-electron chi connectivity index (χ1n) is 5.65. The lowest BCUT2D eigenvalue weighted by atomic mass is 10.1. The number of carbonyl (C=O) groups excluding carboxylic acids is 1. The van der Waals surface area contributed by atoms with Gasteiger partial charge in [0.25, 0.3) is 5.91 Å². The fraction of sp³-hybridized carbons (Fsp3) is 0.250. The predicted octanol–water partition coefficient (Wildman–Crippen LogP) is 0.599. The zero-order valence-corrected chi connectivity index (χ0v) is 10.1. The maximum Gasteiger partial charge on any atom is 0.251 e. The Labute approximate surface area is 105 Å². The first kappa shape index (κ1) is 12.1. The summed E-state index contributed by atoms with van der Waals surface area (Å²) < 4.78 is 1.66. The Morgan fingerprint density at radius 2 is 2.33 bits per heavy atom. The summed E-state index contributed by atoms with van der Waals surface area (Å²) in [5.74, 6) is -0.113. The third-order valence-electron chi connectivity index (χ3n) is 2.63. The lowest BCUT2D eigenvalue weighted by Crippen LogP contribution is -2.27. The molecule has 0 bridgehead atoms. The fourth-order valence-electron chi connectivity index (χ4n) is 1.55. The number of aryl methyl sites for hydroxylation is 1. The van der Waals surface area contributed by atoms with Gasteiger partial charge < -0.3 is 11.1 Å². The zero-order chi connectivity index (χ0) is 13.0. The van der Waals surface area contributed by atoms with E-state index in [9.17, 15) is 4.79 Å². The van der Waals surface area contributed by atoms with Crippen LogP contribution < -0.4 is 11.1 Å². The summed E-state index contributed by atoms with van der Waals surface area (Å²) in [6, 6.07) is 5.23. The minimum atomic E-state index is -0.113. The molecule has 0 aliphatic heterocycles. The van der Waals surface area contributed by atoms with Crippen molar-refractivity contribution in [1.82, 2.24) is 20.3 Å². The van der Waals surface area contributed by atoms with Crippen LogP contribution in [0.4, 0.5) is 5.69 Å². The topological polar surface area (TPSA) is 85.8 Å². The quantitative estimate of drug-likeness (QED) is 0.772. The molecule has 6 heteroatoms. The minimum Gasteiger partial charge on any atom is -0.399 e.